The van der Waals surface area contributed by atoms with Gasteiger partial charge in [-0.1, -0.05) is 115 Å². The summed E-state index contributed by atoms with van der Waals surface area (Å²) in [5, 5.41) is 6.63. The molecule has 2 aliphatic carbocycles. The third-order valence-corrected chi connectivity index (χ3v) is 14.3. The van der Waals surface area contributed by atoms with Crippen molar-refractivity contribution in [2.75, 3.05) is 0 Å². The molecule has 0 N–H and O–H groups in total. The monoisotopic (exact) mass is 697 g/mol. The van der Waals surface area contributed by atoms with Crippen molar-refractivity contribution in [3.63, 3.8) is 0 Å². The quantitative estimate of drug-likeness (QED) is 0.178. The van der Waals surface area contributed by atoms with Gasteiger partial charge in [0.2, 0.25) is 0 Å². The van der Waals surface area contributed by atoms with Gasteiger partial charge in [-0.15, -0.1) is 23.1 Å². The Balaban J connectivity index is 0.995. The predicted octanol–water partition coefficient (Wildman–Crippen LogP) is 14.1. The van der Waals surface area contributed by atoms with Crippen molar-refractivity contribution in [2.45, 2.75) is 22.5 Å². The summed E-state index contributed by atoms with van der Waals surface area (Å²) in [5.41, 5.74) is 14.4. The van der Waals surface area contributed by atoms with Crippen molar-refractivity contribution in [1.82, 2.24) is 4.57 Å². The van der Waals surface area contributed by atoms with E-state index in [1.54, 1.807) is 0 Å². The molecule has 12 rings (SSSR count). The maximum atomic E-state index is 2.52. The van der Waals surface area contributed by atoms with Gasteiger partial charge in [0, 0.05) is 58.1 Å². The van der Waals surface area contributed by atoms with E-state index >= 15 is 0 Å². The molecule has 0 spiro atoms. The minimum absolute atomic E-state index is 0.0689. The molecule has 52 heavy (non-hydrogen) atoms. The molecular formula is C49H31NS2. The van der Waals surface area contributed by atoms with Gasteiger partial charge in [0.05, 0.1) is 11.0 Å². The lowest BCUT2D eigenvalue weighted by atomic mass is 9.80. The van der Waals surface area contributed by atoms with Crippen LogP contribution in [-0.4, -0.2) is 9.31 Å². The van der Waals surface area contributed by atoms with E-state index in [-0.39, 0.29) is 4.75 Å². The first-order valence-corrected chi connectivity index (χ1v) is 19.7. The molecule has 0 bridgehead atoms. The summed E-state index contributed by atoms with van der Waals surface area (Å²) in [4.78, 5) is 2.81. The Morgan fingerprint density at radius 3 is 2.31 bits per heavy atom. The number of para-hydroxylation sites is 2. The van der Waals surface area contributed by atoms with Crippen LogP contribution < -0.4 is 0 Å². The van der Waals surface area contributed by atoms with Crippen molar-refractivity contribution in [3.05, 3.63) is 175 Å². The zero-order chi connectivity index (χ0) is 34.1. The zero-order valence-electron chi connectivity index (χ0n) is 28.4. The number of thiophene rings is 1. The van der Waals surface area contributed by atoms with Gasteiger partial charge in [0.25, 0.3) is 0 Å². The van der Waals surface area contributed by atoms with E-state index in [9.17, 15) is 0 Å². The molecule has 0 fully saturated rings. The van der Waals surface area contributed by atoms with E-state index in [1.165, 1.54) is 103 Å². The Hall–Kier alpha value is -5.61. The molecule has 2 atom stereocenters. The average molecular weight is 698 g/mol. The van der Waals surface area contributed by atoms with Crippen LogP contribution in [-0.2, 0) is 0 Å². The van der Waals surface area contributed by atoms with Crippen LogP contribution in [0.25, 0.3) is 86.6 Å². The van der Waals surface area contributed by atoms with E-state index < -0.39 is 0 Å². The lowest BCUT2D eigenvalue weighted by molar-refractivity contribution is 0.704. The number of hydrogen-bond acceptors (Lipinski definition) is 2. The summed E-state index contributed by atoms with van der Waals surface area (Å²) in [7, 11) is 0. The molecule has 9 aromatic rings. The highest BCUT2D eigenvalue weighted by molar-refractivity contribution is 8.01. The molecule has 3 heteroatoms. The van der Waals surface area contributed by atoms with Gasteiger partial charge in [-0.25, -0.2) is 0 Å². The standard InChI is InChI=1S/C49H31NS2/c1-49-25-24-30(28-41(49)36-13-6-8-17-45(36)52-49)29-19-23-44-40(26-29)47-37-21-20-33(35-14-9-15-38(46(35)37)48(47)51-44)31-18-22-43-39(27-31)34-12-5-7-16-42(34)50(43)32-10-3-2-4-11-32/h2-28,41H,1H3. The third-order valence-electron chi connectivity index (χ3n) is 11.7. The molecule has 0 radical (unpaired) electrons. The second-order valence-corrected chi connectivity index (χ2v) is 17.2. The number of benzene rings is 7. The first-order valence-electron chi connectivity index (χ1n) is 18.0. The summed E-state index contributed by atoms with van der Waals surface area (Å²) in [6.45, 7) is 2.38. The fourth-order valence-corrected chi connectivity index (χ4v) is 11.9. The van der Waals surface area contributed by atoms with Crippen LogP contribution in [0.15, 0.2) is 169 Å². The Morgan fingerprint density at radius 1 is 0.596 bits per heavy atom. The number of hydrogen-bond donors (Lipinski definition) is 0. The molecule has 0 amide bonds. The van der Waals surface area contributed by atoms with Crippen molar-refractivity contribution in [1.29, 1.82) is 0 Å². The number of rotatable bonds is 3. The Morgan fingerprint density at radius 2 is 1.37 bits per heavy atom. The topological polar surface area (TPSA) is 4.93 Å². The van der Waals surface area contributed by atoms with Crippen molar-refractivity contribution >= 4 is 71.3 Å². The van der Waals surface area contributed by atoms with E-state index in [0.717, 1.165) is 0 Å². The second kappa shape index (κ2) is 10.5. The lowest BCUT2D eigenvalue weighted by Crippen LogP contribution is -2.23. The highest BCUT2D eigenvalue weighted by atomic mass is 32.2. The van der Waals surface area contributed by atoms with Crippen LogP contribution in [0.3, 0.4) is 0 Å². The van der Waals surface area contributed by atoms with Gasteiger partial charge in [0.1, 0.15) is 0 Å². The molecule has 244 valence electrons. The van der Waals surface area contributed by atoms with Crippen molar-refractivity contribution in [2.24, 2.45) is 0 Å². The lowest BCUT2D eigenvalue weighted by Gasteiger charge is -2.29. The Kier molecular flexibility index (Phi) is 5.85. The van der Waals surface area contributed by atoms with E-state index in [0.29, 0.717) is 5.92 Å². The number of aromatic nitrogens is 1. The van der Waals surface area contributed by atoms with Crippen LogP contribution in [0.4, 0.5) is 0 Å². The molecule has 1 aliphatic heterocycles. The van der Waals surface area contributed by atoms with Crippen LogP contribution in [0, 0.1) is 0 Å². The largest absolute Gasteiger partial charge is 0.309 e. The van der Waals surface area contributed by atoms with Crippen LogP contribution in [0.2, 0.25) is 0 Å². The zero-order valence-corrected chi connectivity index (χ0v) is 30.1. The summed E-state index contributed by atoms with van der Waals surface area (Å²) < 4.78 is 3.81. The van der Waals surface area contributed by atoms with Gasteiger partial charge in [-0.2, -0.15) is 0 Å². The first-order chi connectivity index (χ1) is 25.6. The molecule has 3 aliphatic rings. The van der Waals surface area contributed by atoms with Crippen molar-refractivity contribution in [3.8, 4) is 38.4 Å². The molecule has 0 saturated carbocycles. The second-order valence-electron chi connectivity index (χ2n) is 14.6. The molecule has 2 unspecified atom stereocenters. The van der Waals surface area contributed by atoms with E-state index in [4.69, 9.17) is 0 Å². The summed E-state index contributed by atoms with van der Waals surface area (Å²) in [6.07, 6.45) is 7.32. The SMILES string of the molecule is CC12C=CC(c3ccc4sc5c(c4c3)-c3ccc(-c4ccc6c(c4)c4ccccc4n6-c4ccccc4)c4cccc-5c34)=CC1c1ccccc1S2. The summed E-state index contributed by atoms with van der Waals surface area (Å²) >= 11 is 3.94. The van der Waals surface area contributed by atoms with Gasteiger partial charge < -0.3 is 4.57 Å². The van der Waals surface area contributed by atoms with E-state index in [2.05, 4.69) is 175 Å². The van der Waals surface area contributed by atoms with Gasteiger partial charge in [0.15, 0.2) is 0 Å². The van der Waals surface area contributed by atoms with Crippen LogP contribution in [0.1, 0.15) is 24.0 Å². The van der Waals surface area contributed by atoms with Gasteiger partial charge >= 0.3 is 0 Å². The maximum absolute atomic E-state index is 2.52. The minimum Gasteiger partial charge on any atom is -0.309 e. The van der Waals surface area contributed by atoms with E-state index in [1.807, 2.05) is 23.1 Å². The third kappa shape index (κ3) is 3.90. The highest BCUT2D eigenvalue weighted by Crippen LogP contribution is 2.58. The van der Waals surface area contributed by atoms with Crippen LogP contribution in [0.5, 0.6) is 0 Å². The number of nitrogens with zero attached hydrogens (tertiary/aromatic N) is 1. The van der Waals surface area contributed by atoms with Crippen molar-refractivity contribution < 1.29 is 0 Å². The average Bonchev–Trinajstić information content (AvgIpc) is 3.91. The predicted molar refractivity (Wildman–Crippen MR) is 224 cm³/mol. The summed E-state index contributed by atoms with van der Waals surface area (Å²) in [6, 6.07) is 54.3. The molecule has 2 aromatic heterocycles. The number of fused-ring (bicyclic) bond motifs is 11. The maximum Gasteiger partial charge on any atom is 0.0541 e. The molecule has 1 nitrogen and oxygen atoms in total. The molecule has 7 aromatic carbocycles. The number of allylic oxidation sites excluding steroid dienone is 3. The molecule has 3 heterocycles. The Labute approximate surface area is 310 Å². The fourth-order valence-electron chi connectivity index (χ4n) is 9.30. The van der Waals surface area contributed by atoms with Gasteiger partial charge in [-0.3, -0.25) is 0 Å². The minimum atomic E-state index is 0.0689. The number of thioether (sulfide) groups is 1. The molecular weight excluding hydrogens is 667 g/mol. The fraction of sp³-hybridized carbons (Fsp3) is 0.0612. The summed E-state index contributed by atoms with van der Waals surface area (Å²) in [5.74, 6) is 0.378. The smallest absolute Gasteiger partial charge is 0.0541 e. The normalized spacial score (nSPS) is 18.3. The Bertz CT molecular complexity index is 3060. The van der Waals surface area contributed by atoms with Crippen LogP contribution >= 0.6 is 23.1 Å². The van der Waals surface area contributed by atoms with Gasteiger partial charge in [-0.05, 0) is 99.6 Å². The highest BCUT2D eigenvalue weighted by Gasteiger charge is 2.42. The molecule has 0 saturated heterocycles. The first kappa shape index (κ1) is 29.0.